The van der Waals surface area contributed by atoms with Crippen LogP contribution in [0.2, 0.25) is 0 Å². The number of cyclic esters (lactones) is 1. The van der Waals surface area contributed by atoms with Gasteiger partial charge in [0.1, 0.15) is 24.1 Å². The lowest BCUT2D eigenvalue weighted by atomic mass is 10.2. The Morgan fingerprint density at radius 1 is 0.978 bits per heavy atom. The number of rotatable bonds is 3. The van der Waals surface area contributed by atoms with E-state index in [1.807, 2.05) is 54.1 Å². The van der Waals surface area contributed by atoms with E-state index in [0.717, 1.165) is 22.3 Å². The zero-order chi connectivity index (χ0) is 31.3. The summed E-state index contributed by atoms with van der Waals surface area (Å²) >= 11 is 0. The maximum atomic E-state index is 13.7. The number of carbonyl (C=O) groups excluding carboxylic acids is 3. The molecule has 2 aliphatic rings. The maximum absolute atomic E-state index is 13.7. The molecule has 12 heteroatoms. The predicted molar refractivity (Wildman–Crippen MR) is 165 cm³/mol. The minimum atomic E-state index is -0.732. The van der Waals surface area contributed by atoms with Crippen LogP contribution in [0.15, 0.2) is 59.3 Å². The third kappa shape index (κ3) is 6.59. The van der Waals surface area contributed by atoms with Gasteiger partial charge in [-0.2, -0.15) is 0 Å². The molecule has 2 bridgehead atoms. The summed E-state index contributed by atoms with van der Waals surface area (Å²) in [6.07, 6.45) is 4.91. The van der Waals surface area contributed by atoms with E-state index in [9.17, 15) is 14.4 Å². The molecule has 45 heavy (non-hydrogen) atoms. The minimum absolute atomic E-state index is 0.00162. The molecule has 1 atom stereocenters. The number of hydrogen-bond acceptors (Lipinski definition) is 8. The van der Waals surface area contributed by atoms with E-state index in [-0.39, 0.29) is 18.4 Å². The van der Waals surface area contributed by atoms with Gasteiger partial charge in [0.15, 0.2) is 17.3 Å². The monoisotopic (exact) mass is 615 g/mol. The lowest BCUT2D eigenvalue weighted by Gasteiger charge is -2.26. The molecule has 0 saturated carbocycles. The van der Waals surface area contributed by atoms with Crippen molar-refractivity contribution in [2.75, 3.05) is 46.5 Å². The van der Waals surface area contributed by atoms with Gasteiger partial charge in [-0.1, -0.05) is 18.2 Å². The number of hydrogen-bond donors (Lipinski definition) is 1. The van der Waals surface area contributed by atoms with Gasteiger partial charge in [0.25, 0.3) is 5.91 Å². The molecule has 0 spiro atoms. The minimum Gasteiger partial charge on any atom is -0.493 e. The van der Waals surface area contributed by atoms with E-state index in [1.54, 1.807) is 29.2 Å². The summed E-state index contributed by atoms with van der Waals surface area (Å²) in [6.45, 7) is 4.60. The van der Waals surface area contributed by atoms with Gasteiger partial charge in [0.2, 0.25) is 5.91 Å². The van der Waals surface area contributed by atoms with E-state index >= 15 is 0 Å². The Morgan fingerprint density at radius 2 is 1.80 bits per heavy atom. The Balaban J connectivity index is 1.26. The van der Waals surface area contributed by atoms with Crippen LogP contribution in [0.1, 0.15) is 35.4 Å². The Labute approximate surface area is 260 Å². The fourth-order valence-electron chi connectivity index (χ4n) is 5.81. The summed E-state index contributed by atoms with van der Waals surface area (Å²) in [5.74, 6) is 1.81. The molecule has 3 amide bonds. The molecule has 2 aromatic carbocycles. The highest BCUT2D eigenvalue weighted by atomic mass is 16.6. The molecule has 4 aromatic rings. The molecule has 2 aromatic heterocycles. The van der Waals surface area contributed by atoms with E-state index in [0.29, 0.717) is 81.4 Å². The first-order valence-corrected chi connectivity index (χ1v) is 15.2. The van der Waals surface area contributed by atoms with Crippen molar-refractivity contribution in [1.82, 2.24) is 24.7 Å². The van der Waals surface area contributed by atoms with Crippen molar-refractivity contribution in [3.63, 3.8) is 0 Å². The lowest BCUT2D eigenvalue weighted by molar-refractivity contribution is -0.133. The zero-order valence-corrected chi connectivity index (χ0v) is 25.5. The van der Waals surface area contributed by atoms with Crippen molar-refractivity contribution in [3.8, 4) is 22.9 Å². The summed E-state index contributed by atoms with van der Waals surface area (Å²) in [7, 11) is 1.59. The standard InChI is InChI=1S/C33H37N5O7/c1-22-7-5-8-23-19-28(45-29(22)23)32(40)37-12-3-4-13-38(31(39)25-21-44-33(41)35-25)17-16-36-15-11-34-30(36)24-9-10-26(42-2)27(20-24)43-18-6-14-37/h5,7-11,15,19-20,25H,3-4,6,12-14,16-18,21H2,1-2H3,(H,35,41)/t25-/m0/s1. The molecule has 0 radical (unpaired) electrons. The SMILES string of the molecule is COc1ccc2cc1OCCCN(C(=O)c1cc3cccc(C)c3o1)CCCCN(C(=O)[C@@H]1COC(=O)N1)CCn1ccnc1-2. The number of aryl methyl sites for hydroxylation is 1. The van der Waals surface area contributed by atoms with Crippen LogP contribution >= 0.6 is 0 Å². The normalized spacial score (nSPS) is 18.0. The molecule has 2 aliphatic heterocycles. The number of aromatic nitrogens is 2. The molecule has 4 heterocycles. The van der Waals surface area contributed by atoms with Crippen molar-refractivity contribution in [2.45, 2.75) is 38.8 Å². The average molecular weight is 616 g/mol. The van der Waals surface area contributed by atoms with Crippen LogP contribution in [0, 0.1) is 6.92 Å². The number of fused-ring (bicyclic) bond motifs is 5. The second kappa shape index (κ2) is 13.3. The largest absolute Gasteiger partial charge is 0.493 e. The van der Waals surface area contributed by atoms with E-state index < -0.39 is 12.1 Å². The van der Waals surface area contributed by atoms with Crippen molar-refractivity contribution in [2.24, 2.45) is 0 Å². The highest BCUT2D eigenvalue weighted by molar-refractivity contribution is 5.96. The van der Waals surface area contributed by atoms with Gasteiger partial charge in [-0.25, -0.2) is 9.78 Å². The second-order valence-corrected chi connectivity index (χ2v) is 11.2. The summed E-state index contributed by atoms with van der Waals surface area (Å²) in [5, 5.41) is 3.49. The molecule has 236 valence electrons. The van der Waals surface area contributed by atoms with Crippen LogP contribution in [0.5, 0.6) is 11.5 Å². The number of para-hydroxylation sites is 1. The lowest BCUT2D eigenvalue weighted by Crippen LogP contribution is -2.47. The molecular weight excluding hydrogens is 578 g/mol. The molecule has 1 saturated heterocycles. The third-order valence-corrected chi connectivity index (χ3v) is 8.21. The van der Waals surface area contributed by atoms with Crippen molar-refractivity contribution < 1.29 is 33.0 Å². The third-order valence-electron chi connectivity index (χ3n) is 8.21. The van der Waals surface area contributed by atoms with Crippen LogP contribution in [-0.2, 0) is 16.1 Å². The highest BCUT2D eigenvalue weighted by Gasteiger charge is 2.32. The number of ether oxygens (including phenoxy) is 3. The van der Waals surface area contributed by atoms with Crippen LogP contribution in [-0.4, -0.2) is 89.8 Å². The Hall–Kier alpha value is -5.00. The number of imidazole rings is 1. The molecule has 12 nitrogen and oxygen atoms in total. The van der Waals surface area contributed by atoms with Gasteiger partial charge in [-0.15, -0.1) is 0 Å². The Bertz CT molecular complexity index is 1700. The molecule has 0 unspecified atom stereocenters. The Morgan fingerprint density at radius 3 is 2.58 bits per heavy atom. The first kappa shape index (κ1) is 30.0. The number of methoxy groups -OCH3 is 1. The molecule has 6 rings (SSSR count). The van der Waals surface area contributed by atoms with Gasteiger partial charge in [0.05, 0.1) is 13.7 Å². The van der Waals surface area contributed by atoms with Gasteiger partial charge in [0, 0.05) is 56.1 Å². The predicted octanol–water partition coefficient (Wildman–Crippen LogP) is 4.26. The van der Waals surface area contributed by atoms with Crippen molar-refractivity contribution in [3.05, 3.63) is 66.2 Å². The van der Waals surface area contributed by atoms with Gasteiger partial charge in [-0.05, 0) is 56.0 Å². The quantitative estimate of drug-likeness (QED) is 0.362. The molecule has 0 aliphatic carbocycles. The molecule has 1 N–H and O–H groups in total. The number of amides is 3. The number of alkyl carbamates (subject to hydrolysis) is 1. The van der Waals surface area contributed by atoms with Crippen molar-refractivity contribution >= 4 is 28.9 Å². The number of nitrogens with one attached hydrogen (secondary N) is 1. The van der Waals surface area contributed by atoms with Crippen LogP contribution in [0.3, 0.4) is 0 Å². The van der Waals surface area contributed by atoms with Crippen LogP contribution < -0.4 is 14.8 Å². The van der Waals surface area contributed by atoms with Gasteiger partial charge < -0.3 is 38.3 Å². The van der Waals surface area contributed by atoms with Crippen molar-refractivity contribution in [1.29, 1.82) is 0 Å². The number of benzene rings is 2. The Kier molecular flexibility index (Phi) is 8.90. The van der Waals surface area contributed by atoms with E-state index in [1.165, 1.54) is 0 Å². The highest BCUT2D eigenvalue weighted by Crippen LogP contribution is 2.32. The number of carbonyl (C=O) groups is 3. The number of furan rings is 1. The smallest absolute Gasteiger partial charge is 0.407 e. The van der Waals surface area contributed by atoms with Crippen LogP contribution in [0.25, 0.3) is 22.4 Å². The van der Waals surface area contributed by atoms with Gasteiger partial charge >= 0.3 is 6.09 Å². The topological polar surface area (TPSA) is 128 Å². The first-order valence-electron chi connectivity index (χ1n) is 15.2. The van der Waals surface area contributed by atoms with Gasteiger partial charge in [-0.3, -0.25) is 9.59 Å². The molecular formula is C33H37N5O7. The summed E-state index contributed by atoms with van der Waals surface area (Å²) in [5.41, 5.74) is 2.51. The fraction of sp³-hybridized carbons (Fsp3) is 0.394. The number of nitrogens with zero attached hydrogens (tertiary/aromatic N) is 4. The average Bonchev–Trinajstić information content (AvgIpc) is 3.81. The fourth-order valence-corrected chi connectivity index (χ4v) is 5.81. The zero-order valence-electron chi connectivity index (χ0n) is 25.5. The summed E-state index contributed by atoms with van der Waals surface area (Å²) < 4.78 is 24.7. The summed E-state index contributed by atoms with van der Waals surface area (Å²) in [6, 6.07) is 12.6. The first-order chi connectivity index (χ1) is 21.9. The summed E-state index contributed by atoms with van der Waals surface area (Å²) in [4.78, 5) is 47.0. The molecule has 1 fully saturated rings. The van der Waals surface area contributed by atoms with E-state index in [2.05, 4.69) is 10.3 Å². The van der Waals surface area contributed by atoms with E-state index in [4.69, 9.17) is 18.6 Å². The van der Waals surface area contributed by atoms with Crippen LogP contribution in [0.4, 0.5) is 4.79 Å². The second-order valence-electron chi connectivity index (χ2n) is 11.2. The maximum Gasteiger partial charge on any atom is 0.407 e.